The van der Waals surface area contributed by atoms with Crippen LogP contribution in [0.15, 0.2) is 0 Å². The average Bonchev–Trinajstić information content (AvgIpc) is 2.55. The Labute approximate surface area is 140 Å². The first kappa shape index (κ1) is 19.2. The van der Waals surface area contributed by atoms with Gasteiger partial charge in [-0.05, 0) is 13.8 Å². The van der Waals surface area contributed by atoms with Crippen molar-refractivity contribution in [2.24, 2.45) is 0 Å². The van der Waals surface area contributed by atoms with Crippen LogP contribution in [0.5, 0.6) is 6.01 Å². The zero-order chi connectivity index (χ0) is 17.2. The Balaban J connectivity index is 2.79. The van der Waals surface area contributed by atoms with E-state index in [4.69, 9.17) is 9.47 Å². The van der Waals surface area contributed by atoms with Crippen molar-refractivity contribution in [1.29, 1.82) is 0 Å². The van der Waals surface area contributed by atoms with Gasteiger partial charge in [-0.1, -0.05) is 11.8 Å². The summed E-state index contributed by atoms with van der Waals surface area (Å²) >= 11 is 1.18. The van der Waals surface area contributed by atoms with Crippen LogP contribution in [0, 0.1) is 0 Å². The van der Waals surface area contributed by atoms with Crippen LogP contribution in [0.25, 0.3) is 0 Å². The zero-order valence-corrected chi connectivity index (χ0v) is 14.9. The number of nitrogens with one attached hydrogen (secondary N) is 2. The van der Waals surface area contributed by atoms with Gasteiger partial charge < -0.3 is 25.0 Å². The van der Waals surface area contributed by atoms with E-state index in [1.54, 1.807) is 14.2 Å². The van der Waals surface area contributed by atoms with Gasteiger partial charge in [0.15, 0.2) is 0 Å². The third kappa shape index (κ3) is 6.45. The van der Waals surface area contributed by atoms with Gasteiger partial charge in [0.2, 0.25) is 11.9 Å². The summed E-state index contributed by atoms with van der Waals surface area (Å²) in [5.41, 5.74) is 0. The predicted molar refractivity (Wildman–Crippen MR) is 91.3 cm³/mol. The van der Waals surface area contributed by atoms with Crippen LogP contribution in [0.2, 0.25) is 0 Å². The lowest BCUT2D eigenvalue weighted by Gasteiger charge is -2.25. The Kier molecular flexibility index (Phi) is 8.41. The lowest BCUT2D eigenvalue weighted by molar-refractivity contribution is 0.190. The summed E-state index contributed by atoms with van der Waals surface area (Å²) in [6.45, 7) is 4.93. The highest BCUT2D eigenvalue weighted by Crippen LogP contribution is 2.17. The maximum atomic E-state index is 11.2. The largest absolute Gasteiger partial charge is 0.467 e. The lowest BCUT2D eigenvalue weighted by atomic mass is 10.3. The molecule has 0 unspecified atom stereocenters. The molecule has 0 atom stereocenters. The molecule has 1 aromatic heterocycles. The summed E-state index contributed by atoms with van der Waals surface area (Å²) in [5, 5.41) is 5.53. The number of nitrogens with zero attached hydrogens (tertiary/aromatic N) is 4. The molecule has 0 aliphatic carbocycles. The van der Waals surface area contributed by atoms with Crippen LogP contribution in [0.1, 0.15) is 13.8 Å². The first-order valence-electron chi connectivity index (χ1n) is 7.15. The third-order valence-electron chi connectivity index (χ3n) is 2.76. The molecule has 1 aromatic rings. The van der Waals surface area contributed by atoms with E-state index in [1.807, 2.05) is 18.7 Å². The predicted octanol–water partition coefficient (Wildman–Crippen LogP) is 1.18. The fourth-order valence-corrected chi connectivity index (χ4v) is 2.13. The number of carbonyl (C=O) groups excluding carboxylic acids is 1. The number of methoxy groups -OCH3 is 2. The maximum Gasteiger partial charge on any atom is 0.322 e. The van der Waals surface area contributed by atoms with Crippen molar-refractivity contribution >= 4 is 28.9 Å². The molecule has 23 heavy (non-hydrogen) atoms. The fourth-order valence-electron chi connectivity index (χ4n) is 1.60. The molecule has 0 fully saturated rings. The van der Waals surface area contributed by atoms with Crippen molar-refractivity contribution in [3.05, 3.63) is 0 Å². The van der Waals surface area contributed by atoms with E-state index in [-0.39, 0.29) is 17.3 Å². The Hall–Kier alpha value is -1.81. The van der Waals surface area contributed by atoms with Crippen LogP contribution in [0.3, 0.4) is 0 Å². The number of hydrogen-bond donors (Lipinski definition) is 2. The quantitative estimate of drug-likeness (QED) is 0.505. The standard InChI is InChI=1S/C13H24N6O3S/c1-9(2)19(8-21-4)11-16-10(17-12(18-11)22-5)15-6-7-23-13(20)14-3/h9H,6-8H2,1-5H3,(H,14,20)(H,15,16,17,18). The van der Waals surface area contributed by atoms with Crippen LogP contribution in [-0.2, 0) is 4.74 Å². The zero-order valence-electron chi connectivity index (χ0n) is 14.1. The second-order valence-electron chi connectivity index (χ2n) is 4.74. The number of amides is 1. The average molecular weight is 344 g/mol. The maximum absolute atomic E-state index is 11.2. The molecule has 0 aliphatic heterocycles. The minimum absolute atomic E-state index is 0.0770. The highest BCUT2D eigenvalue weighted by atomic mass is 32.2. The molecule has 0 aliphatic rings. The molecule has 0 bridgehead atoms. The third-order valence-corrected chi connectivity index (χ3v) is 3.63. The summed E-state index contributed by atoms with van der Waals surface area (Å²) in [6, 6.07) is 0.372. The highest BCUT2D eigenvalue weighted by Gasteiger charge is 2.16. The van der Waals surface area contributed by atoms with E-state index >= 15 is 0 Å². The molecule has 2 N–H and O–H groups in total. The van der Waals surface area contributed by atoms with E-state index in [2.05, 4.69) is 25.6 Å². The second kappa shape index (κ2) is 10.1. The van der Waals surface area contributed by atoms with E-state index in [0.29, 0.717) is 30.9 Å². The molecule has 0 aromatic carbocycles. The number of carbonyl (C=O) groups is 1. The molecule has 1 amide bonds. The van der Waals surface area contributed by atoms with Gasteiger partial charge in [-0.25, -0.2) is 0 Å². The van der Waals surface area contributed by atoms with Gasteiger partial charge in [0.1, 0.15) is 6.73 Å². The Morgan fingerprint density at radius 2 is 2.04 bits per heavy atom. The molecule has 0 spiro atoms. The van der Waals surface area contributed by atoms with Crippen molar-refractivity contribution in [2.75, 3.05) is 50.5 Å². The summed E-state index contributed by atoms with van der Waals surface area (Å²) in [5.74, 6) is 1.45. The topological polar surface area (TPSA) is 102 Å². The van der Waals surface area contributed by atoms with E-state index < -0.39 is 0 Å². The van der Waals surface area contributed by atoms with Gasteiger partial charge in [-0.3, -0.25) is 4.79 Å². The monoisotopic (exact) mass is 344 g/mol. The number of ether oxygens (including phenoxy) is 2. The molecule has 0 saturated carbocycles. The van der Waals surface area contributed by atoms with Crippen molar-refractivity contribution in [3.8, 4) is 6.01 Å². The van der Waals surface area contributed by atoms with Crippen LogP contribution < -0.4 is 20.3 Å². The smallest absolute Gasteiger partial charge is 0.322 e. The Morgan fingerprint density at radius 3 is 2.61 bits per heavy atom. The number of hydrogen-bond acceptors (Lipinski definition) is 9. The number of aromatic nitrogens is 3. The number of anilines is 2. The minimum Gasteiger partial charge on any atom is -0.467 e. The first-order chi connectivity index (χ1) is 11.0. The summed E-state index contributed by atoms with van der Waals surface area (Å²) < 4.78 is 10.3. The summed E-state index contributed by atoms with van der Waals surface area (Å²) in [6.07, 6.45) is 0. The molecule has 10 heteroatoms. The van der Waals surface area contributed by atoms with Crippen molar-refractivity contribution < 1.29 is 14.3 Å². The summed E-state index contributed by atoms with van der Waals surface area (Å²) in [7, 11) is 4.71. The lowest BCUT2D eigenvalue weighted by Crippen LogP contribution is -2.34. The van der Waals surface area contributed by atoms with E-state index in [9.17, 15) is 4.79 Å². The number of thioether (sulfide) groups is 1. The van der Waals surface area contributed by atoms with Gasteiger partial charge in [-0.2, -0.15) is 15.0 Å². The molecule has 130 valence electrons. The molecule has 0 radical (unpaired) electrons. The highest BCUT2D eigenvalue weighted by molar-refractivity contribution is 8.13. The number of rotatable bonds is 9. The molecule has 1 rings (SSSR count). The van der Waals surface area contributed by atoms with E-state index in [0.717, 1.165) is 0 Å². The van der Waals surface area contributed by atoms with Gasteiger partial charge in [-0.15, -0.1) is 0 Å². The summed E-state index contributed by atoms with van der Waals surface area (Å²) in [4.78, 5) is 25.8. The SMILES string of the molecule is CNC(=O)SCCNc1nc(OC)nc(N(COC)C(C)C)n1. The van der Waals surface area contributed by atoms with E-state index in [1.165, 1.54) is 18.9 Å². The first-order valence-corrected chi connectivity index (χ1v) is 8.14. The molecular formula is C13H24N6O3S. The molecule has 0 saturated heterocycles. The van der Waals surface area contributed by atoms with Crippen LogP contribution in [-0.4, -0.2) is 66.5 Å². The van der Waals surface area contributed by atoms with Gasteiger partial charge in [0.25, 0.3) is 5.24 Å². The normalized spacial score (nSPS) is 10.5. The minimum atomic E-state index is -0.0770. The fraction of sp³-hybridized carbons (Fsp3) is 0.692. The molecule has 1 heterocycles. The Bertz CT molecular complexity index is 503. The van der Waals surface area contributed by atoms with Gasteiger partial charge >= 0.3 is 6.01 Å². The van der Waals surface area contributed by atoms with Crippen molar-refractivity contribution in [1.82, 2.24) is 20.3 Å². The van der Waals surface area contributed by atoms with Crippen LogP contribution in [0.4, 0.5) is 16.7 Å². The van der Waals surface area contributed by atoms with Gasteiger partial charge in [0.05, 0.1) is 7.11 Å². The Morgan fingerprint density at radius 1 is 1.30 bits per heavy atom. The second-order valence-corrected chi connectivity index (χ2v) is 5.81. The molecule has 9 nitrogen and oxygen atoms in total. The van der Waals surface area contributed by atoms with Gasteiger partial charge in [0, 0.05) is 32.5 Å². The molecular weight excluding hydrogens is 320 g/mol. The van der Waals surface area contributed by atoms with Crippen molar-refractivity contribution in [3.63, 3.8) is 0 Å². The van der Waals surface area contributed by atoms with Crippen molar-refractivity contribution in [2.45, 2.75) is 19.9 Å². The van der Waals surface area contributed by atoms with Crippen LogP contribution >= 0.6 is 11.8 Å².